The summed E-state index contributed by atoms with van der Waals surface area (Å²) in [4.78, 5) is 25.5. The van der Waals surface area contributed by atoms with Crippen molar-refractivity contribution >= 4 is 11.9 Å². The Bertz CT molecular complexity index is 920. The number of carbonyl (C=O) groups excluding carboxylic acids is 1. The summed E-state index contributed by atoms with van der Waals surface area (Å²) in [6, 6.07) is 18.0. The van der Waals surface area contributed by atoms with E-state index in [1.165, 1.54) is 5.56 Å². The molecule has 2 heterocycles. The van der Waals surface area contributed by atoms with Gasteiger partial charge in [0.1, 0.15) is 0 Å². The van der Waals surface area contributed by atoms with Crippen molar-refractivity contribution in [3.8, 4) is 11.1 Å². The van der Waals surface area contributed by atoms with Crippen molar-refractivity contribution in [2.45, 2.75) is 6.92 Å². The molecular weight excluding hydrogens is 336 g/mol. The van der Waals surface area contributed by atoms with Crippen LogP contribution < -0.4 is 4.90 Å². The predicted molar refractivity (Wildman–Crippen MR) is 107 cm³/mol. The zero-order chi connectivity index (χ0) is 18.6. The van der Waals surface area contributed by atoms with Gasteiger partial charge in [0.25, 0.3) is 5.91 Å². The Morgan fingerprint density at radius 3 is 2.26 bits per heavy atom. The van der Waals surface area contributed by atoms with Gasteiger partial charge in [0.15, 0.2) is 0 Å². The Balaban J connectivity index is 1.45. The first kappa shape index (κ1) is 17.2. The summed E-state index contributed by atoms with van der Waals surface area (Å²) in [5.41, 5.74) is 4.20. The zero-order valence-electron chi connectivity index (χ0n) is 15.4. The third-order valence-corrected chi connectivity index (χ3v) is 4.96. The lowest BCUT2D eigenvalue weighted by Gasteiger charge is -2.34. The highest BCUT2D eigenvalue weighted by Crippen LogP contribution is 2.24. The topological polar surface area (TPSA) is 49.3 Å². The second kappa shape index (κ2) is 7.58. The van der Waals surface area contributed by atoms with Crippen molar-refractivity contribution in [3.05, 3.63) is 78.1 Å². The lowest BCUT2D eigenvalue weighted by atomic mass is 9.98. The highest BCUT2D eigenvalue weighted by atomic mass is 16.2. The Morgan fingerprint density at radius 1 is 0.889 bits per heavy atom. The van der Waals surface area contributed by atoms with Crippen molar-refractivity contribution in [2.75, 3.05) is 31.1 Å². The number of aromatic nitrogens is 2. The molecule has 1 aliphatic rings. The van der Waals surface area contributed by atoms with Crippen molar-refractivity contribution in [2.24, 2.45) is 0 Å². The zero-order valence-corrected chi connectivity index (χ0v) is 15.4. The monoisotopic (exact) mass is 358 g/mol. The quantitative estimate of drug-likeness (QED) is 0.720. The fourth-order valence-electron chi connectivity index (χ4n) is 3.48. The van der Waals surface area contributed by atoms with Gasteiger partial charge in [-0.05, 0) is 41.8 Å². The highest BCUT2D eigenvalue weighted by Gasteiger charge is 2.23. The average Bonchev–Trinajstić information content (AvgIpc) is 2.74. The van der Waals surface area contributed by atoms with Gasteiger partial charge in [0, 0.05) is 44.1 Å². The van der Waals surface area contributed by atoms with Gasteiger partial charge in [-0.1, -0.05) is 36.4 Å². The molecule has 1 fully saturated rings. The van der Waals surface area contributed by atoms with Crippen LogP contribution in [0.3, 0.4) is 0 Å². The van der Waals surface area contributed by atoms with Gasteiger partial charge in [-0.2, -0.15) is 0 Å². The maximum Gasteiger partial charge on any atom is 0.253 e. The van der Waals surface area contributed by atoms with E-state index in [2.05, 4.69) is 33.9 Å². The molecule has 0 N–H and O–H groups in total. The number of benzene rings is 2. The van der Waals surface area contributed by atoms with Gasteiger partial charge >= 0.3 is 0 Å². The largest absolute Gasteiger partial charge is 0.337 e. The third kappa shape index (κ3) is 3.67. The number of nitrogens with zero attached hydrogens (tertiary/aromatic N) is 4. The Kier molecular flexibility index (Phi) is 4.83. The molecule has 0 radical (unpaired) electrons. The van der Waals surface area contributed by atoms with Crippen LogP contribution in [0.2, 0.25) is 0 Å². The maximum absolute atomic E-state index is 12.9. The number of rotatable bonds is 3. The van der Waals surface area contributed by atoms with Crippen LogP contribution >= 0.6 is 0 Å². The highest BCUT2D eigenvalue weighted by molar-refractivity contribution is 5.95. The Labute approximate surface area is 159 Å². The molecule has 136 valence electrons. The SMILES string of the molecule is Cc1cc(C(=O)N2CCN(c3ncccn3)CC2)ccc1-c1ccccc1. The number of hydrogen-bond donors (Lipinski definition) is 0. The molecule has 1 saturated heterocycles. The van der Waals surface area contributed by atoms with E-state index in [0.717, 1.165) is 35.7 Å². The van der Waals surface area contributed by atoms with Crippen LogP contribution in [0, 0.1) is 6.92 Å². The summed E-state index contributed by atoms with van der Waals surface area (Å²) < 4.78 is 0. The van der Waals surface area contributed by atoms with Crippen LogP contribution in [0.25, 0.3) is 11.1 Å². The van der Waals surface area contributed by atoms with E-state index in [-0.39, 0.29) is 5.91 Å². The molecule has 2 aromatic carbocycles. The molecule has 0 bridgehead atoms. The molecule has 3 aromatic rings. The van der Waals surface area contributed by atoms with E-state index in [1.54, 1.807) is 12.4 Å². The molecule has 27 heavy (non-hydrogen) atoms. The van der Waals surface area contributed by atoms with Gasteiger partial charge in [-0.15, -0.1) is 0 Å². The predicted octanol–water partition coefficient (Wildman–Crippen LogP) is 3.41. The van der Waals surface area contributed by atoms with Gasteiger partial charge in [0.2, 0.25) is 5.95 Å². The molecule has 0 spiro atoms. The van der Waals surface area contributed by atoms with E-state index < -0.39 is 0 Å². The summed E-state index contributed by atoms with van der Waals surface area (Å²) >= 11 is 0. The summed E-state index contributed by atoms with van der Waals surface area (Å²) in [5, 5.41) is 0. The van der Waals surface area contributed by atoms with Crippen molar-refractivity contribution < 1.29 is 4.79 Å². The minimum Gasteiger partial charge on any atom is -0.337 e. The minimum atomic E-state index is 0.0892. The molecule has 1 aromatic heterocycles. The normalized spacial score (nSPS) is 14.3. The molecular formula is C22H22N4O. The first-order chi connectivity index (χ1) is 13.2. The molecule has 0 saturated carbocycles. The van der Waals surface area contributed by atoms with Crippen LogP contribution in [0.4, 0.5) is 5.95 Å². The number of aryl methyl sites for hydroxylation is 1. The molecule has 4 rings (SSSR count). The van der Waals surface area contributed by atoms with Crippen molar-refractivity contribution in [1.82, 2.24) is 14.9 Å². The number of amides is 1. The summed E-state index contributed by atoms with van der Waals surface area (Å²) in [6.07, 6.45) is 3.49. The average molecular weight is 358 g/mol. The first-order valence-corrected chi connectivity index (χ1v) is 9.20. The van der Waals surface area contributed by atoms with E-state index in [1.807, 2.05) is 47.4 Å². The Hall–Kier alpha value is -3.21. The fraction of sp³-hybridized carbons (Fsp3) is 0.227. The van der Waals surface area contributed by atoms with Gasteiger partial charge in [0.05, 0.1) is 0 Å². The molecule has 0 atom stereocenters. The van der Waals surface area contributed by atoms with Crippen LogP contribution in [0.1, 0.15) is 15.9 Å². The second-order valence-corrected chi connectivity index (χ2v) is 6.72. The lowest BCUT2D eigenvalue weighted by molar-refractivity contribution is 0.0746. The molecule has 1 aliphatic heterocycles. The molecule has 1 amide bonds. The van der Waals surface area contributed by atoms with Crippen LogP contribution in [0.5, 0.6) is 0 Å². The molecule has 5 nitrogen and oxygen atoms in total. The van der Waals surface area contributed by atoms with Crippen LogP contribution in [-0.4, -0.2) is 47.0 Å². The molecule has 5 heteroatoms. The van der Waals surface area contributed by atoms with Crippen LogP contribution in [-0.2, 0) is 0 Å². The van der Waals surface area contributed by atoms with E-state index in [0.29, 0.717) is 13.1 Å². The van der Waals surface area contributed by atoms with Crippen molar-refractivity contribution in [3.63, 3.8) is 0 Å². The van der Waals surface area contributed by atoms with Gasteiger partial charge in [-0.3, -0.25) is 4.79 Å². The van der Waals surface area contributed by atoms with E-state index in [4.69, 9.17) is 0 Å². The minimum absolute atomic E-state index is 0.0892. The van der Waals surface area contributed by atoms with Crippen LogP contribution in [0.15, 0.2) is 67.0 Å². The van der Waals surface area contributed by atoms with Gasteiger partial charge < -0.3 is 9.80 Å². The second-order valence-electron chi connectivity index (χ2n) is 6.72. The summed E-state index contributed by atoms with van der Waals surface area (Å²) in [6.45, 7) is 4.91. The van der Waals surface area contributed by atoms with Crippen molar-refractivity contribution in [1.29, 1.82) is 0 Å². The Morgan fingerprint density at radius 2 is 1.59 bits per heavy atom. The third-order valence-electron chi connectivity index (χ3n) is 4.96. The fourth-order valence-corrected chi connectivity index (χ4v) is 3.48. The lowest BCUT2D eigenvalue weighted by Crippen LogP contribution is -2.49. The van der Waals surface area contributed by atoms with Gasteiger partial charge in [-0.25, -0.2) is 9.97 Å². The summed E-state index contributed by atoms with van der Waals surface area (Å²) in [5.74, 6) is 0.819. The number of hydrogen-bond acceptors (Lipinski definition) is 4. The number of piperazine rings is 1. The first-order valence-electron chi connectivity index (χ1n) is 9.20. The molecule has 0 unspecified atom stereocenters. The summed E-state index contributed by atoms with van der Waals surface area (Å²) in [7, 11) is 0. The van der Waals surface area contributed by atoms with E-state index in [9.17, 15) is 4.79 Å². The number of anilines is 1. The van der Waals surface area contributed by atoms with E-state index >= 15 is 0 Å². The smallest absolute Gasteiger partial charge is 0.253 e. The maximum atomic E-state index is 12.9. The molecule has 0 aliphatic carbocycles. The standard InChI is InChI=1S/C22H22N4O/c1-17-16-19(8-9-20(17)18-6-3-2-4-7-18)21(27)25-12-14-26(15-13-25)22-23-10-5-11-24-22/h2-11,16H,12-15H2,1H3. The number of carbonyl (C=O) groups is 1.